The molecule has 160 valence electrons. The van der Waals surface area contributed by atoms with Crippen LogP contribution < -0.4 is 24.8 Å². The summed E-state index contributed by atoms with van der Waals surface area (Å²) in [6.45, 7) is 3.79. The topological polar surface area (TPSA) is 64.1 Å². The van der Waals surface area contributed by atoms with Crippen LogP contribution in [0.2, 0.25) is 0 Å². The molecular formula is C21H29FIN3O3. The third-order valence-corrected chi connectivity index (χ3v) is 4.18. The Hall–Kier alpha value is -2.23. The van der Waals surface area contributed by atoms with Crippen LogP contribution in [0.4, 0.5) is 4.39 Å². The van der Waals surface area contributed by atoms with E-state index in [-0.39, 0.29) is 29.8 Å². The van der Waals surface area contributed by atoms with Gasteiger partial charge in [-0.1, -0.05) is 12.1 Å². The summed E-state index contributed by atoms with van der Waals surface area (Å²) in [7, 11) is 4.81. The molecule has 6 nitrogen and oxygen atoms in total. The van der Waals surface area contributed by atoms with Crippen molar-refractivity contribution in [2.45, 2.75) is 19.9 Å². The molecule has 0 atom stereocenters. The predicted molar refractivity (Wildman–Crippen MR) is 124 cm³/mol. The second-order valence-electron chi connectivity index (χ2n) is 6.01. The smallest absolute Gasteiger partial charge is 0.191 e. The molecule has 0 bridgehead atoms. The zero-order valence-corrected chi connectivity index (χ0v) is 19.6. The van der Waals surface area contributed by atoms with E-state index in [2.05, 4.69) is 15.6 Å². The van der Waals surface area contributed by atoms with Gasteiger partial charge in [0.1, 0.15) is 23.1 Å². The summed E-state index contributed by atoms with van der Waals surface area (Å²) in [6.07, 6.45) is 0.764. The van der Waals surface area contributed by atoms with E-state index < -0.39 is 0 Å². The summed E-state index contributed by atoms with van der Waals surface area (Å²) in [5.41, 5.74) is 1.89. The van der Waals surface area contributed by atoms with Crippen LogP contribution in [-0.2, 0) is 13.0 Å². The van der Waals surface area contributed by atoms with Gasteiger partial charge < -0.3 is 24.8 Å². The average Bonchev–Trinajstić information content (AvgIpc) is 2.72. The quantitative estimate of drug-likeness (QED) is 0.301. The number of methoxy groups -OCH3 is 3. The zero-order valence-electron chi connectivity index (χ0n) is 17.3. The van der Waals surface area contributed by atoms with Gasteiger partial charge >= 0.3 is 0 Å². The molecule has 0 amide bonds. The average molecular weight is 517 g/mol. The first-order valence-electron chi connectivity index (χ1n) is 9.16. The fourth-order valence-electron chi connectivity index (χ4n) is 2.71. The van der Waals surface area contributed by atoms with E-state index in [4.69, 9.17) is 14.2 Å². The fourth-order valence-corrected chi connectivity index (χ4v) is 2.71. The summed E-state index contributed by atoms with van der Waals surface area (Å²) < 4.78 is 29.2. The molecule has 0 aliphatic rings. The molecular weight excluding hydrogens is 488 g/mol. The van der Waals surface area contributed by atoms with E-state index in [1.165, 1.54) is 12.1 Å². The highest BCUT2D eigenvalue weighted by molar-refractivity contribution is 14.0. The molecule has 8 heteroatoms. The first kappa shape index (κ1) is 24.8. The lowest BCUT2D eigenvalue weighted by atomic mass is 10.1. The molecule has 0 aromatic heterocycles. The van der Waals surface area contributed by atoms with E-state index in [1.54, 1.807) is 33.5 Å². The van der Waals surface area contributed by atoms with Gasteiger partial charge in [0, 0.05) is 25.2 Å². The fraction of sp³-hybridized carbons (Fsp3) is 0.381. The summed E-state index contributed by atoms with van der Waals surface area (Å²) in [5.74, 6) is 2.42. The van der Waals surface area contributed by atoms with Gasteiger partial charge in [-0.3, -0.25) is 0 Å². The molecule has 0 aliphatic carbocycles. The Morgan fingerprint density at radius 3 is 2.10 bits per heavy atom. The van der Waals surface area contributed by atoms with Gasteiger partial charge in [0.25, 0.3) is 0 Å². The minimum absolute atomic E-state index is 0. The normalized spacial score (nSPS) is 10.7. The number of halogens is 2. The Kier molecular flexibility index (Phi) is 11.2. The van der Waals surface area contributed by atoms with E-state index in [9.17, 15) is 4.39 Å². The van der Waals surface area contributed by atoms with Crippen LogP contribution in [0.15, 0.2) is 41.4 Å². The zero-order chi connectivity index (χ0) is 20.4. The van der Waals surface area contributed by atoms with E-state index in [0.29, 0.717) is 36.3 Å². The van der Waals surface area contributed by atoms with Crippen molar-refractivity contribution < 1.29 is 18.6 Å². The molecule has 0 saturated heterocycles. The van der Waals surface area contributed by atoms with Crippen molar-refractivity contribution in [3.05, 3.63) is 53.3 Å². The van der Waals surface area contributed by atoms with Gasteiger partial charge in [-0.2, -0.15) is 0 Å². The van der Waals surface area contributed by atoms with Gasteiger partial charge in [-0.05, 0) is 31.0 Å². The van der Waals surface area contributed by atoms with E-state index in [0.717, 1.165) is 24.1 Å². The minimum Gasteiger partial charge on any atom is -0.496 e. The lowest BCUT2D eigenvalue weighted by Crippen LogP contribution is -2.38. The molecule has 0 unspecified atom stereocenters. The Bertz CT molecular complexity index is 760. The molecule has 0 radical (unpaired) electrons. The van der Waals surface area contributed by atoms with Gasteiger partial charge in [0.05, 0.1) is 33.4 Å². The van der Waals surface area contributed by atoms with Crippen molar-refractivity contribution in [2.24, 2.45) is 4.99 Å². The van der Waals surface area contributed by atoms with Gasteiger partial charge in [-0.25, -0.2) is 9.38 Å². The van der Waals surface area contributed by atoms with E-state index in [1.807, 2.05) is 19.1 Å². The molecule has 2 rings (SSSR count). The lowest BCUT2D eigenvalue weighted by Gasteiger charge is -2.15. The van der Waals surface area contributed by atoms with Gasteiger partial charge in [0.2, 0.25) is 0 Å². The number of nitrogens with one attached hydrogen (secondary N) is 2. The highest BCUT2D eigenvalue weighted by atomic mass is 127. The number of nitrogens with zero attached hydrogens (tertiary/aromatic N) is 1. The number of aliphatic imine (C=N–C) groups is 1. The van der Waals surface area contributed by atoms with Crippen LogP contribution in [0.5, 0.6) is 17.2 Å². The highest BCUT2D eigenvalue weighted by Gasteiger charge is 2.13. The molecule has 2 aromatic carbocycles. The number of ether oxygens (including phenoxy) is 3. The Morgan fingerprint density at radius 2 is 1.59 bits per heavy atom. The maximum Gasteiger partial charge on any atom is 0.191 e. The third kappa shape index (κ3) is 7.60. The third-order valence-electron chi connectivity index (χ3n) is 4.18. The minimum atomic E-state index is -0.228. The monoisotopic (exact) mass is 517 g/mol. The standard InChI is InChI=1S/C21H28FN3O3.HI/c1-5-23-21(24-11-10-15-6-8-16(22)9-7-15)25-14-18-19(27-3)12-17(26-2)13-20(18)28-4;/h6-9,12-13H,5,10-11,14H2,1-4H3,(H2,23,24,25);1H. The van der Waals surface area contributed by atoms with Gasteiger partial charge in [0.15, 0.2) is 5.96 Å². The van der Waals surface area contributed by atoms with Crippen LogP contribution in [0.1, 0.15) is 18.1 Å². The van der Waals surface area contributed by atoms with Crippen LogP contribution in [-0.4, -0.2) is 40.4 Å². The van der Waals surface area contributed by atoms with Crippen molar-refractivity contribution >= 4 is 29.9 Å². The van der Waals surface area contributed by atoms with Crippen molar-refractivity contribution in [1.29, 1.82) is 0 Å². The first-order chi connectivity index (χ1) is 13.6. The molecule has 2 aromatic rings. The van der Waals surface area contributed by atoms with Crippen molar-refractivity contribution in [3.63, 3.8) is 0 Å². The van der Waals surface area contributed by atoms with Crippen LogP contribution in [0, 0.1) is 5.82 Å². The molecule has 2 N–H and O–H groups in total. The second-order valence-corrected chi connectivity index (χ2v) is 6.01. The number of guanidine groups is 1. The number of rotatable bonds is 9. The lowest BCUT2D eigenvalue weighted by molar-refractivity contribution is 0.369. The summed E-state index contributed by atoms with van der Waals surface area (Å²) in [4.78, 5) is 4.64. The van der Waals surface area contributed by atoms with Crippen molar-refractivity contribution in [3.8, 4) is 17.2 Å². The molecule has 0 spiro atoms. The maximum atomic E-state index is 13.0. The maximum absolute atomic E-state index is 13.0. The second kappa shape index (κ2) is 13.1. The van der Waals surface area contributed by atoms with Crippen molar-refractivity contribution in [1.82, 2.24) is 10.6 Å². The number of hydrogen-bond acceptors (Lipinski definition) is 4. The predicted octanol–water partition coefficient (Wildman–Crippen LogP) is 3.77. The molecule has 0 heterocycles. The summed E-state index contributed by atoms with van der Waals surface area (Å²) in [6, 6.07) is 10.1. The summed E-state index contributed by atoms with van der Waals surface area (Å²) in [5, 5.41) is 6.51. The molecule has 0 fully saturated rings. The van der Waals surface area contributed by atoms with Crippen molar-refractivity contribution in [2.75, 3.05) is 34.4 Å². The number of hydrogen-bond donors (Lipinski definition) is 2. The molecule has 29 heavy (non-hydrogen) atoms. The Morgan fingerprint density at radius 1 is 0.966 bits per heavy atom. The first-order valence-corrected chi connectivity index (χ1v) is 9.16. The number of benzene rings is 2. The largest absolute Gasteiger partial charge is 0.496 e. The van der Waals surface area contributed by atoms with E-state index >= 15 is 0 Å². The van der Waals surface area contributed by atoms with Crippen LogP contribution in [0.25, 0.3) is 0 Å². The Labute approximate surface area is 188 Å². The SMILES string of the molecule is CCNC(=NCc1c(OC)cc(OC)cc1OC)NCCc1ccc(F)cc1.I. The Balaban J connectivity index is 0.00000420. The summed E-state index contributed by atoms with van der Waals surface area (Å²) >= 11 is 0. The van der Waals surface area contributed by atoms with Gasteiger partial charge in [-0.15, -0.1) is 24.0 Å². The molecule has 0 saturated carbocycles. The van der Waals surface area contributed by atoms with Crippen LogP contribution >= 0.6 is 24.0 Å². The highest BCUT2D eigenvalue weighted by Crippen LogP contribution is 2.34. The molecule has 0 aliphatic heterocycles. The van der Waals surface area contributed by atoms with Crippen LogP contribution in [0.3, 0.4) is 0 Å².